The van der Waals surface area contributed by atoms with Gasteiger partial charge in [0, 0.05) is 29.5 Å². The van der Waals surface area contributed by atoms with Crippen molar-refractivity contribution < 1.29 is 27.9 Å². The minimum Gasteiger partial charge on any atom is -0.497 e. The van der Waals surface area contributed by atoms with Gasteiger partial charge < -0.3 is 13.9 Å². The van der Waals surface area contributed by atoms with E-state index in [1.54, 1.807) is 12.1 Å². The fraction of sp³-hybridized carbons (Fsp3) is 0.190. The normalized spacial score (nSPS) is 11.8. The van der Waals surface area contributed by atoms with Gasteiger partial charge in [-0.05, 0) is 42.0 Å². The molecule has 2 aromatic carbocycles. The monoisotopic (exact) mass is 384 g/mol. The molecule has 0 aliphatic heterocycles. The Hall–Kier alpha value is -3.48. The summed E-state index contributed by atoms with van der Waals surface area (Å²) in [6.45, 7) is 0. The highest BCUT2D eigenvalue weighted by atomic mass is 19.1. The SMILES string of the molecule is COC(=O)C(CC(=O)c1ccc(F)cc1)c1cc(=O)oc2cc(OC)ccc12. The zero-order valence-corrected chi connectivity index (χ0v) is 15.2. The third-order valence-corrected chi connectivity index (χ3v) is 4.40. The van der Waals surface area contributed by atoms with Gasteiger partial charge in [0.15, 0.2) is 5.78 Å². The number of benzene rings is 2. The lowest BCUT2D eigenvalue weighted by molar-refractivity contribution is -0.142. The summed E-state index contributed by atoms with van der Waals surface area (Å²) < 4.78 is 28.3. The average molecular weight is 384 g/mol. The van der Waals surface area contributed by atoms with Crippen LogP contribution in [0.25, 0.3) is 11.0 Å². The molecule has 28 heavy (non-hydrogen) atoms. The van der Waals surface area contributed by atoms with E-state index in [-0.39, 0.29) is 23.4 Å². The molecule has 0 aliphatic carbocycles. The van der Waals surface area contributed by atoms with Crippen molar-refractivity contribution in [2.24, 2.45) is 0 Å². The number of hydrogen-bond acceptors (Lipinski definition) is 6. The molecule has 0 saturated heterocycles. The van der Waals surface area contributed by atoms with Gasteiger partial charge in [0.25, 0.3) is 0 Å². The van der Waals surface area contributed by atoms with Gasteiger partial charge in [-0.3, -0.25) is 9.59 Å². The van der Waals surface area contributed by atoms with Crippen LogP contribution in [0.4, 0.5) is 4.39 Å². The maximum Gasteiger partial charge on any atom is 0.336 e. The summed E-state index contributed by atoms with van der Waals surface area (Å²) in [5, 5.41) is 0.489. The van der Waals surface area contributed by atoms with Crippen molar-refractivity contribution in [2.45, 2.75) is 12.3 Å². The first-order chi connectivity index (χ1) is 13.4. The van der Waals surface area contributed by atoms with Crippen LogP contribution >= 0.6 is 0 Å². The minimum atomic E-state index is -1.03. The number of fused-ring (bicyclic) bond motifs is 1. The van der Waals surface area contributed by atoms with Crippen molar-refractivity contribution in [3.63, 3.8) is 0 Å². The predicted octanol–water partition coefficient (Wildman–Crippen LogP) is 3.47. The molecule has 0 amide bonds. The number of esters is 1. The van der Waals surface area contributed by atoms with Crippen molar-refractivity contribution in [1.82, 2.24) is 0 Å². The maximum atomic E-state index is 13.1. The van der Waals surface area contributed by atoms with E-state index in [2.05, 4.69) is 0 Å². The first-order valence-electron chi connectivity index (χ1n) is 8.41. The summed E-state index contributed by atoms with van der Waals surface area (Å²) in [6.07, 6.45) is -0.247. The Bertz CT molecular complexity index is 1080. The number of hydrogen-bond donors (Lipinski definition) is 0. The van der Waals surface area contributed by atoms with E-state index in [4.69, 9.17) is 13.9 Å². The summed E-state index contributed by atoms with van der Waals surface area (Å²) in [5.41, 5.74) is 0.129. The van der Waals surface area contributed by atoms with Crippen molar-refractivity contribution in [3.8, 4) is 5.75 Å². The van der Waals surface area contributed by atoms with Crippen LogP contribution in [-0.4, -0.2) is 26.0 Å². The summed E-state index contributed by atoms with van der Waals surface area (Å²) in [6, 6.07) is 11.0. The van der Waals surface area contributed by atoms with Crippen LogP contribution in [-0.2, 0) is 9.53 Å². The van der Waals surface area contributed by atoms with Crippen LogP contribution in [0.2, 0.25) is 0 Å². The molecule has 0 radical (unpaired) electrons. The molecule has 0 bridgehead atoms. The minimum absolute atomic E-state index is 0.227. The molecule has 7 heteroatoms. The number of rotatable bonds is 6. The molecule has 6 nitrogen and oxygen atoms in total. The highest BCUT2D eigenvalue weighted by Crippen LogP contribution is 2.31. The van der Waals surface area contributed by atoms with Crippen LogP contribution < -0.4 is 10.4 Å². The number of carbonyl (C=O) groups is 2. The second-order valence-corrected chi connectivity index (χ2v) is 6.09. The lowest BCUT2D eigenvalue weighted by atomic mass is 9.89. The molecule has 144 valence electrons. The molecule has 1 unspecified atom stereocenters. The zero-order valence-electron chi connectivity index (χ0n) is 15.2. The van der Waals surface area contributed by atoms with E-state index in [9.17, 15) is 18.8 Å². The molecular formula is C21H17FO6. The maximum absolute atomic E-state index is 13.1. The molecule has 0 spiro atoms. The number of methoxy groups -OCH3 is 2. The van der Waals surface area contributed by atoms with Gasteiger partial charge in [0.2, 0.25) is 0 Å². The molecule has 3 aromatic rings. The summed E-state index contributed by atoms with van der Waals surface area (Å²) in [7, 11) is 2.68. The fourth-order valence-electron chi connectivity index (χ4n) is 2.98. The van der Waals surface area contributed by atoms with Crippen molar-refractivity contribution >= 4 is 22.7 Å². The van der Waals surface area contributed by atoms with Gasteiger partial charge >= 0.3 is 11.6 Å². The van der Waals surface area contributed by atoms with Crippen LogP contribution in [0, 0.1) is 5.82 Å². The van der Waals surface area contributed by atoms with Crippen molar-refractivity contribution in [3.05, 3.63) is 75.9 Å². The molecule has 0 saturated carbocycles. The van der Waals surface area contributed by atoms with Crippen molar-refractivity contribution in [1.29, 1.82) is 0 Å². The number of ether oxygens (including phenoxy) is 2. The van der Waals surface area contributed by atoms with Gasteiger partial charge in [0.05, 0.1) is 20.1 Å². The predicted molar refractivity (Wildman–Crippen MR) is 99.1 cm³/mol. The number of ketones is 1. The average Bonchev–Trinajstić information content (AvgIpc) is 2.70. The van der Waals surface area contributed by atoms with Crippen LogP contribution in [0.1, 0.15) is 28.3 Å². The van der Waals surface area contributed by atoms with Gasteiger partial charge in [-0.1, -0.05) is 0 Å². The summed E-state index contributed by atoms with van der Waals surface area (Å²) in [4.78, 5) is 37.1. The largest absolute Gasteiger partial charge is 0.497 e. The lowest BCUT2D eigenvalue weighted by Gasteiger charge is -2.16. The molecule has 0 fully saturated rings. The highest BCUT2D eigenvalue weighted by molar-refractivity contribution is 6.00. The van der Waals surface area contributed by atoms with Crippen LogP contribution in [0.3, 0.4) is 0 Å². The van der Waals surface area contributed by atoms with Crippen LogP contribution in [0.15, 0.2) is 57.7 Å². The Morgan fingerprint density at radius 3 is 2.43 bits per heavy atom. The Kier molecular flexibility index (Phi) is 5.54. The lowest BCUT2D eigenvalue weighted by Crippen LogP contribution is -2.20. The van der Waals surface area contributed by atoms with E-state index in [1.165, 1.54) is 50.6 Å². The Morgan fingerprint density at radius 2 is 1.79 bits per heavy atom. The second kappa shape index (κ2) is 8.04. The topological polar surface area (TPSA) is 82.8 Å². The van der Waals surface area contributed by atoms with Gasteiger partial charge in [-0.15, -0.1) is 0 Å². The molecule has 3 rings (SSSR count). The summed E-state index contributed by atoms with van der Waals surface area (Å²) >= 11 is 0. The quantitative estimate of drug-likeness (QED) is 0.368. The Labute approximate surface area is 159 Å². The fourth-order valence-corrected chi connectivity index (χ4v) is 2.98. The van der Waals surface area contributed by atoms with Gasteiger partial charge in [-0.2, -0.15) is 0 Å². The number of Topliss-reactive ketones (excluding diaryl/α,β-unsaturated/α-hetero) is 1. The smallest absolute Gasteiger partial charge is 0.336 e. The molecule has 0 aliphatic rings. The first-order valence-corrected chi connectivity index (χ1v) is 8.41. The molecule has 0 N–H and O–H groups in total. The zero-order chi connectivity index (χ0) is 20.3. The van der Waals surface area contributed by atoms with E-state index < -0.39 is 23.3 Å². The molecular weight excluding hydrogens is 367 g/mol. The standard InChI is InChI=1S/C21H17FO6/c1-26-14-7-8-15-16(11-20(24)28-19(15)9-14)17(21(25)27-2)10-18(23)12-3-5-13(22)6-4-12/h3-9,11,17H,10H2,1-2H3. The van der Waals surface area contributed by atoms with Crippen LogP contribution in [0.5, 0.6) is 5.75 Å². The third kappa shape index (κ3) is 3.93. The van der Waals surface area contributed by atoms with Crippen molar-refractivity contribution in [2.75, 3.05) is 14.2 Å². The number of halogens is 1. The third-order valence-electron chi connectivity index (χ3n) is 4.40. The second-order valence-electron chi connectivity index (χ2n) is 6.09. The molecule has 1 aromatic heterocycles. The number of carbonyl (C=O) groups excluding carboxylic acids is 2. The van der Waals surface area contributed by atoms with E-state index in [0.717, 1.165) is 0 Å². The highest BCUT2D eigenvalue weighted by Gasteiger charge is 2.28. The van der Waals surface area contributed by atoms with E-state index >= 15 is 0 Å². The molecule has 1 atom stereocenters. The Morgan fingerprint density at radius 1 is 1.07 bits per heavy atom. The van der Waals surface area contributed by atoms with E-state index in [0.29, 0.717) is 16.7 Å². The summed E-state index contributed by atoms with van der Waals surface area (Å²) in [5.74, 6) is -2.07. The first kappa shape index (κ1) is 19.3. The molecule has 1 heterocycles. The van der Waals surface area contributed by atoms with Gasteiger partial charge in [-0.25, -0.2) is 9.18 Å². The van der Waals surface area contributed by atoms with E-state index in [1.807, 2.05) is 0 Å². The van der Waals surface area contributed by atoms with Gasteiger partial charge in [0.1, 0.15) is 17.1 Å². The Balaban J connectivity index is 2.07.